The maximum Gasteiger partial charge on any atom is 0.157 e. The molecule has 2 unspecified atom stereocenters. The molecule has 108 valence electrons. The lowest BCUT2D eigenvalue weighted by atomic mass is 9.76. The van der Waals surface area contributed by atoms with E-state index in [-0.39, 0.29) is 0 Å². The van der Waals surface area contributed by atoms with Crippen LogP contribution in [0.4, 0.5) is 0 Å². The van der Waals surface area contributed by atoms with Crippen molar-refractivity contribution in [2.24, 2.45) is 16.3 Å². The topological polar surface area (TPSA) is 24.4 Å². The smallest absolute Gasteiger partial charge is 0.157 e. The Kier molecular flexibility index (Phi) is 4.11. The minimum absolute atomic E-state index is 0.564. The van der Waals surface area contributed by atoms with Crippen molar-refractivity contribution in [2.45, 2.75) is 77.3 Å². The van der Waals surface area contributed by atoms with Crippen LogP contribution in [0.15, 0.2) is 4.99 Å². The minimum Gasteiger partial charge on any atom is -0.362 e. The molecule has 1 heterocycles. The third kappa shape index (κ3) is 3.48. The zero-order valence-corrected chi connectivity index (χ0v) is 13.3. The first kappa shape index (κ1) is 13.8. The Morgan fingerprint density at radius 3 is 2.63 bits per heavy atom. The number of thioether (sulfide) groups is 1. The van der Waals surface area contributed by atoms with Crippen molar-refractivity contribution in [1.82, 2.24) is 5.32 Å². The molecule has 2 nitrogen and oxygen atoms in total. The molecule has 0 radical (unpaired) electrons. The van der Waals surface area contributed by atoms with Gasteiger partial charge in [-0.3, -0.25) is 4.99 Å². The van der Waals surface area contributed by atoms with Crippen molar-refractivity contribution < 1.29 is 0 Å². The molecule has 1 N–H and O–H groups in total. The molecule has 3 aliphatic rings. The van der Waals surface area contributed by atoms with E-state index in [9.17, 15) is 0 Å². The molecule has 0 spiro atoms. The van der Waals surface area contributed by atoms with E-state index >= 15 is 0 Å². The zero-order chi connectivity index (χ0) is 13.3. The quantitative estimate of drug-likeness (QED) is 0.778. The average molecular weight is 280 g/mol. The van der Waals surface area contributed by atoms with Crippen molar-refractivity contribution >= 4 is 16.9 Å². The van der Waals surface area contributed by atoms with E-state index in [1.807, 2.05) is 11.8 Å². The van der Waals surface area contributed by atoms with Crippen LogP contribution in [-0.2, 0) is 0 Å². The van der Waals surface area contributed by atoms with Gasteiger partial charge in [-0.2, -0.15) is 0 Å². The van der Waals surface area contributed by atoms with Gasteiger partial charge >= 0.3 is 0 Å². The molecule has 3 rings (SSSR count). The van der Waals surface area contributed by atoms with Gasteiger partial charge in [0.25, 0.3) is 0 Å². The lowest BCUT2D eigenvalue weighted by Crippen LogP contribution is -2.41. The third-order valence-corrected chi connectivity index (χ3v) is 6.34. The average Bonchev–Trinajstić information content (AvgIpc) is 2.41. The molecule has 19 heavy (non-hydrogen) atoms. The van der Waals surface area contributed by atoms with Crippen molar-refractivity contribution in [3.05, 3.63) is 0 Å². The molecule has 3 heteroatoms. The fourth-order valence-corrected chi connectivity index (χ4v) is 4.94. The number of hydrogen-bond donors (Lipinski definition) is 1. The lowest BCUT2D eigenvalue weighted by Gasteiger charge is -2.37. The number of hydrogen-bond acceptors (Lipinski definition) is 3. The van der Waals surface area contributed by atoms with E-state index in [1.54, 1.807) is 0 Å². The summed E-state index contributed by atoms with van der Waals surface area (Å²) in [6.45, 7) is 4.81. The van der Waals surface area contributed by atoms with E-state index in [1.165, 1.54) is 62.3 Å². The second kappa shape index (κ2) is 5.67. The maximum absolute atomic E-state index is 5.00. The van der Waals surface area contributed by atoms with Gasteiger partial charge in [0.05, 0.1) is 6.04 Å². The molecular formula is C16H28N2S. The largest absolute Gasteiger partial charge is 0.362 e. The Morgan fingerprint density at radius 1 is 1.11 bits per heavy atom. The van der Waals surface area contributed by atoms with Gasteiger partial charge in [-0.25, -0.2) is 0 Å². The number of aliphatic imine (C=N–C) groups is 1. The minimum atomic E-state index is 0.564. The molecule has 0 aromatic heterocycles. The van der Waals surface area contributed by atoms with Crippen molar-refractivity contribution in [3.63, 3.8) is 0 Å². The summed E-state index contributed by atoms with van der Waals surface area (Å²) in [7, 11) is 0. The number of nitrogens with zero attached hydrogens (tertiary/aromatic N) is 1. The first-order valence-corrected chi connectivity index (χ1v) is 9.08. The first-order chi connectivity index (χ1) is 9.12. The van der Waals surface area contributed by atoms with Crippen LogP contribution in [0.1, 0.15) is 65.2 Å². The van der Waals surface area contributed by atoms with Gasteiger partial charge in [0.2, 0.25) is 0 Å². The third-order valence-electron chi connectivity index (χ3n) is 5.25. The predicted octanol–water partition coefficient (Wildman–Crippen LogP) is 4.21. The van der Waals surface area contributed by atoms with Crippen LogP contribution in [-0.4, -0.2) is 23.0 Å². The second-order valence-electron chi connectivity index (χ2n) is 7.44. The monoisotopic (exact) mass is 280 g/mol. The highest BCUT2D eigenvalue weighted by Crippen LogP contribution is 2.37. The van der Waals surface area contributed by atoms with Crippen LogP contribution in [0.3, 0.4) is 0 Å². The highest BCUT2D eigenvalue weighted by atomic mass is 32.2. The molecule has 2 aliphatic carbocycles. The van der Waals surface area contributed by atoms with Gasteiger partial charge in [0, 0.05) is 11.8 Å². The van der Waals surface area contributed by atoms with Gasteiger partial charge in [-0.05, 0) is 49.9 Å². The number of nitrogens with one attached hydrogen (secondary N) is 1. The fraction of sp³-hybridized carbons (Fsp3) is 0.938. The summed E-state index contributed by atoms with van der Waals surface area (Å²) in [5, 5.41) is 5.00. The van der Waals surface area contributed by atoms with Crippen LogP contribution in [0.2, 0.25) is 0 Å². The summed E-state index contributed by atoms with van der Waals surface area (Å²) in [6, 6.07) is 1.32. The van der Waals surface area contributed by atoms with Crippen molar-refractivity contribution in [3.8, 4) is 0 Å². The summed E-state index contributed by atoms with van der Waals surface area (Å²) in [6.07, 6.45) is 10.9. The van der Waals surface area contributed by atoms with Gasteiger partial charge in [0.15, 0.2) is 5.17 Å². The summed E-state index contributed by atoms with van der Waals surface area (Å²) < 4.78 is 0. The summed E-state index contributed by atoms with van der Waals surface area (Å²) in [4.78, 5) is 5.00. The molecule has 2 atom stereocenters. The Morgan fingerprint density at radius 2 is 1.84 bits per heavy atom. The number of fused-ring (bicyclic) bond motifs is 1. The normalized spacial score (nSPS) is 35.4. The van der Waals surface area contributed by atoms with E-state index in [4.69, 9.17) is 4.99 Å². The summed E-state index contributed by atoms with van der Waals surface area (Å²) in [5.41, 5.74) is 0.564. The Hall–Kier alpha value is -0.180. The molecule has 0 aromatic rings. The standard InChI is InChI=1S/C16H28N2S/c1-16(2)9-7-13(8-10-16)17-15-18-14-6-4-3-5-12(14)11-19-15/h12-14H,3-11H2,1-2H3,(H,17,18). The van der Waals surface area contributed by atoms with E-state index in [2.05, 4.69) is 19.2 Å². The van der Waals surface area contributed by atoms with Gasteiger partial charge in [-0.1, -0.05) is 38.5 Å². The first-order valence-electron chi connectivity index (χ1n) is 8.09. The molecule has 0 bridgehead atoms. The van der Waals surface area contributed by atoms with Crippen LogP contribution < -0.4 is 5.32 Å². The number of rotatable bonds is 1. The number of amidine groups is 1. The Balaban J connectivity index is 1.54. The van der Waals surface area contributed by atoms with Gasteiger partial charge in [0.1, 0.15) is 0 Å². The highest BCUT2D eigenvalue weighted by Gasteiger charge is 2.31. The zero-order valence-electron chi connectivity index (χ0n) is 12.5. The molecule has 0 amide bonds. The molecule has 1 aliphatic heterocycles. The van der Waals surface area contributed by atoms with Crippen LogP contribution in [0, 0.1) is 11.3 Å². The molecule has 2 fully saturated rings. The van der Waals surface area contributed by atoms with Crippen LogP contribution in [0.5, 0.6) is 0 Å². The van der Waals surface area contributed by atoms with Crippen molar-refractivity contribution in [1.29, 1.82) is 0 Å². The lowest BCUT2D eigenvalue weighted by molar-refractivity contribution is 0.217. The molecule has 2 saturated carbocycles. The van der Waals surface area contributed by atoms with Gasteiger partial charge < -0.3 is 5.32 Å². The summed E-state index contributed by atoms with van der Waals surface area (Å²) >= 11 is 1.98. The molecule has 0 saturated heterocycles. The predicted molar refractivity (Wildman–Crippen MR) is 84.8 cm³/mol. The van der Waals surface area contributed by atoms with Crippen LogP contribution in [0.25, 0.3) is 0 Å². The highest BCUT2D eigenvalue weighted by molar-refractivity contribution is 8.13. The Labute approximate surface area is 122 Å². The SMILES string of the molecule is CC1(C)CCC(NC2=NC3CCCCC3CS2)CC1. The van der Waals surface area contributed by atoms with E-state index in [0.717, 1.165) is 5.92 Å². The maximum atomic E-state index is 5.00. The van der Waals surface area contributed by atoms with Crippen LogP contribution >= 0.6 is 11.8 Å². The van der Waals surface area contributed by atoms with E-state index in [0.29, 0.717) is 17.5 Å². The van der Waals surface area contributed by atoms with Gasteiger partial charge in [-0.15, -0.1) is 0 Å². The molecular weight excluding hydrogens is 252 g/mol. The van der Waals surface area contributed by atoms with E-state index < -0.39 is 0 Å². The van der Waals surface area contributed by atoms with Crippen molar-refractivity contribution in [2.75, 3.05) is 5.75 Å². The fourth-order valence-electron chi connectivity index (χ4n) is 3.72. The Bertz CT molecular complexity index is 341. The summed E-state index contributed by atoms with van der Waals surface area (Å²) in [5.74, 6) is 2.17. The second-order valence-corrected chi connectivity index (χ2v) is 8.45. The molecule has 0 aromatic carbocycles.